The molecule has 2 fully saturated rings. The average molecular weight is 412 g/mol. The molecule has 2 heterocycles. The zero-order chi connectivity index (χ0) is 20.4. The predicted molar refractivity (Wildman–Crippen MR) is 114 cm³/mol. The van der Waals surface area contributed by atoms with E-state index in [1.54, 1.807) is 18.0 Å². The highest BCUT2D eigenvalue weighted by Gasteiger charge is 2.51. The molecule has 152 valence electrons. The molecule has 1 N–H and O–H groups in total. The number of pyridine rings is 1. The molecule has 3 unspecified atom stereocenters. The number of para-hydroxylation sites is 1. The van der Waals surface area contributed by atoms with Crippen LogP contribution < -0.4 is 5.32 Å². The van der Waals surface area contributed by atoms with Crippen LogP contribution in [0.25, 0.3) is 10.9 Å². The van der Waals surface area contributed by atoms with Gasteiger partial charge in [0.2, 0.25) is 17.7 Å². The summed E-state index contributed by atoms with van der Waals surface area (Å²) < 4.78 is 0. The first-order valence-electron chi connectivity index (χ1n) is 10.1. The Morgan fingerprint density at radius 3 is 2.59 bits per heavy atom. The van der Waals surface area contributed by atoms with E-state index in [-0.39, 0.29) is 29.6 Å². The van der Waals surface area contributed by atoms with Crippen LogP contribution in [0, 0.1) is 11.8 Å². The Hall–Kier alpha value is -2.41. The molecule has 2 aliphatic rings. The number of thioether (sulfide) groups is 1. The topological polar surface area (TPSA) is 79.4 Å². The number of carbonyl (C=O) groups is 3. The summed E-state index contributed by atoms with van der Waals surface area (Å²) in [6.45, 7) is 0. The van der Waals surface area contributed by atoms with Gasteiger partial charge in [0.15, 0.2) is 0 Å². The minimum atomic E-state index is -0.778. The monoisotopic (exact) mass is 411 g/mol. The number of nitrogens with zero attached hydrogens (tertiary/aromatic N) is 2. The molecular weight excluding hydrogens is 386 g/mol. The lowest BCUT2D eigenvalue weighted by Crippen LogP contribution is -2.48. The van der Waals surface area contributed by atoms with Crippen LogP contribution in [-0.4, -0.2) is 45.7 Å². The first-order chi connectivity index (χ1) is 14.1. The van der Waals surface area contributed by atoms with Crippen molar-refractivity contribution in [3.8, 4) is 0 Å². The van der Waals surface area contributed by atoms with Crippen LogP contribution in [0.4, 0.5) is 5.69 Å². The van der Waals surface area contributed by atoms with Crippen LogP contribution in [0.15, 0.2) is 36.5 Å². The third kappa shape index (κ3) is 3.88. The van der Waals surface area contributed by atoms with Crippen molar-refractivity contribution in [2.75, 3.05) is 17.3 Å². The van der Waals surface area contributed by atoms with E-state index in [9.17, 15) is 14.4 Å². The molecule has 2 aromatic rings. The highest BCUT2D eigenvalue weighted by Crippen LogP contribution is 2.39. The zero-order valence-electron chi connectivity index (χ0n) is 16.5. The minimum Gasteiger partial charge on any atom is -0.323 e. The fourth-order valence-corrected chi connectivity index (χ4v) is 4.93. The van der Waals surface area contributed by atoms with Gasteiger partial charge in [-0.2, -0.15) is 11.8 Å². The Morgan fingerprint density at radius 1 is 1.21 bits per heavy atom. The number of imide groups is 1. The van der Waals surface area contributed by atoms with E-state index in [1.165, 1.54) is 4.90 Å². The third-order valence-corrected chi connectivity index (χ3v) is 6.59. The molecule has 0 radical (unpaired) electrons. The van der Waals surface area contributed by atoms with Gasteiger partial charge in [-0.3, -0.25) is 24.3 Å². The SMILES string of the molecule is CSCCC(C(=O)Nc1cnc2ccccc2c1)N1C(=O)C2CCCCC2C1=O. The molecule has 3 atom stereocenters. The highest BCUT2D eigenvalue weighted by molar-refractivity contribution is 7.98. The lowest BCUT2D eigenvalue weighted by Gasteiger charge is -2.25. The summed E-state index contributed by atoms with van der Waals surface area (Å²) in [5.74, 6) is -0.460. The molecule has 1 aromatic carbocycles. The largest absolute Gasteiger partial charge is 0.323 e. The summed E-state index contributed by atoms with van der Waals surface area (Å²) >= 11 is 1.60. The van der Waals surface area contributed by atoms with Gasteiger partial charge < -0.3 is 5.32 Å². The van der Waals surface area contributed by atoms with Crippen LogP contribution in [0.5, 0.6) is 0 Å². The van der Waals surface area contributed by atoms with Crippen molar-refractivity contribution < 1.29 is 14.4 Å². The van der Waals surface area contributed by atoms with Crippen LogP contribution in [0.1, 0.15) is 32.1 Å². The van der Waals surface area contributed by atoms with E-state index >= 15 is 0 Å². The second-order valence-corrected chi connectivity index (χ2v) is 8.73. The van der Waals surface area contributed by atoms with Crippen molar-refractivity contribution in [1.29, 1.82) is 0 Å². The molecule has 1 aromatic heterocycles. The summed E-state index contributed by atoms with van der Waals surface area (Å²) in [5, 5.41) is 3.81. The van der Waals surface area contributed by atoms with Crippen molar-refractivity contribution in [2.45, 2.75) is 38.1 Å². The number of benzene rings is 1. The minimum absolute atomic E-state index is 0.169. The molecule has 29 heavy (non-hydrogen) atoms. The van der Waals surface area contributed by atoms with E-state index in [0.29, 0.717) is 17.9 Å². The fraction of sp³-hybridized carbons (Fsp3) is 0.455. The van der Waals surface area contributed by atoms with Crippen molar-refractivity contribution in [3.05, 3.63) is 36.5 Å². The van der Waals surface area contributed by atoms with E-state index in [2.05, 4.69) is 10.3 Å². The van der Waals surface area contributed by atoms with Gasteiger partial charge in [0.25, 0.3) is 0 Å². The van der Waals surface area contributed by atoms with E-state index in [4.69, 9.17) is 0 Å². The van der Waals surface area contributed by atoms with Crippen molar-refractivity contribution in [2.24, 2.45) is 11.8 Å². The second-order valence-electron chi connectivity index (χ2n) is 7.75. The Bertz CT molecular complexity index is 924. The number of carbonyl (C=O) groups excluding carboxylic acids is 3. The second kappa shape index (κ2) is 8.53. The summed E-state index contributed by atoms with van der Waals surface area (Å²) in [4.78, 5) is 44.8. The lowest BCUT2D eigenvalue weighted by atomic mass is 9.81. The Balaban J connectivity index is 1.57. The standard InChI is InChI=1S/C22H25N3O3S/c1-29-11-10-19(25-21(27)16-7-3-4-8-17(16)22(25)28)20(26)24-15-12-14-6-2-5-9-18(14)23-13-15/h2,5-6,9,12-13,16-17,19H,3-4,7-8,10-11H2,1H3,(H,24,26). The number of rotatable bonds is 6. The van der Waals surface area contributed by atoms with Crippen LogP contribution in [0.2, 0.25) is 0 Å². The first-order valence-corrected chi connectivity index (χ1v) is 11.5. The van der Waals surface area contributed by atoms with Crippen LogP contribution >= 0.6 is 11.8 Å². The predicted octanol–water partition coefficient (Wildman–Crippen LogP) is 3.47. The Kier molecular flexibility index (Phi) is 5.85. The first kappa shape index (κ1) is 19.9. The van der Waals surface area contributed by atoms with Gasteiger partial charge in [0, 0.05) is 5.39 Å². The van der Waals surface area contributed by atoms with Gasteiger partial charge in [-0.1, -0.05) is 31.0 Å². The molecule has 1 saturated carbocycles. The van der Waals surface area contributed by atoms with Crippen LogP contribution in [0.3, 0.4) is 0 Å². The molecular formula is C22H25N3O3S. The molecule has 1 aliphatic carbocycles. The van der Waals surface area contributed by atoms with Crippen molar-refractivity contribution >= 4 is 46.1 Å². The molecule has 7 heteroatoms. The van der Waals surface area contributed by atoms with Gasteiger partial charge in [-0.25, -0.2) is 0 Å². The van der Waals surface area contributed by atoms with E-state index in [0.717, 1.165) is 36.6 Å². The van der Waals surface area contributed by atoms with Crippen LogP contribution in [-0.2, 0) is 14.4 Å². The number of amides is 3. The number of hydrogen-bond acceptors (Lipinski definition) is 5. The fourth-order valence-electron chi connectivity index (χ4n) is 4.47. The smallest absolute Gasteiger partial charge is 0.247 e. The summed E-state index contributed by atoms with van der Waals surface area (Å²) in [6, 6.07) is 8.75. The lowest BCUT2D eigenvalue weighted by molar-refractivity contribution is -0.146. The molecule has 1 saturated heterocycles. The van der Waals surface area contributed by atoms with E-state index in [1.807, 2.05) is 36.6 Å². The quantitative estimate of drug-likeness (QED) is 0.737. The molecule has 3 amide bonds. The van der Waals surface area contributed by atoms with Gasteiger partial charge in [0.1, 0.15) is 6.04 Å². The Morgan fingerprint density at radius 2 is 1.90 bits per heavy atom. The number of fused-ring (bicyclic) bond motifs is 2. The normalized spacial score (nSPS) is 22.6. The third-order valence-electron chi connectivity index (χ3n) is 5.94. The number of hydrogen-bond donors (Lipinski definition) is 1. The average Bonchev–Trinajstić information content (AvgIpc) is 2.99. The number of likely N-dealkylation sites (tertiary alicyclic amines) is 1. The molecule has 0 spiro atoms. The number of anilines is 1. The molecule has 4 rings (SSSR count). The maximum atomic E-state index is 13.1. The maximum absolute atomic E-state index is 13.1. The van der Waals surface area contributed by atoms with Gasteiger partial charge in [0.05, 0.1) is 29.2 Å². The summed E-state index contributed by atoms with van der Waals surface area (Å²) in [7, 11) is 0. The summed E-state index contributed by atoms with van der Waals surface area (Å²) in [6.07, 6.45) is 7.45. The van der Waals surface area contributed by atoms with Gasteiger partial charge >= 0.3 is 0 Å². The number of aromatic nitrogens is 1. The zero-order valence-corrected chi connectivity index (χ0v) is 17.3. The van der Waals surface area contributed by atoms with Crippen molar-refractivity contribution in [1.82, 2.24) is 9.88 Å². The van der Waals surface area contributed by atoms with Gasteiger partial charge in [-0.15, -0.1) is 0 Å². The highest BCUT2D eigenvalue weighted by atomic mass is 32.2. The number of nitrogens with one attached hydrogen (secondary N) is 1. The maximum Gasteiger partial charge on any atom is 0.247 e. The molecule has 1 aliphatic heterocycles. The molecule has 6 nitrogen and oxygen atoms in total. The Labute approximate surface area is 174 Å². The van der Waals surface area contributed by atoms with Crippen molar-refractivity contribution in [3.63, 3.8) is 0 Å². The van der Waals surface area contributed by atoms with Gasteiger partial charge in [-0.05, 0) is 43.4 Å². The summed E-state index contributed by atoms with van der Waals surface area (Å²) in [5.41, 5.74) is 1.41. The van der Waals surface area contributed by atoms with E-state index < -0.39 is 6.04 Å². The molecule has 0 bridgehead atoms.